The molecule has 0 bridgehead atoms. The van der Waals surface area contributed by atoms with Crippen LogP contribution in [0.3, 0.4) is 0 Å². The standard InChI is InChI=1S/C13H23N8O12P3/c14-12-11-13(18-6-17-12)20(7-19(11)2-1-3-21(15)16)10-4-8(22)9(31-10)5-30-35(26,27)33-36(28,29)32-34(23,24)25/h6,8-10,22H,2,4-5,7,15-16H2,(H,26,27)(H,28,29)(H2,14,17,18)(H2,23,24,25)/t8-,9+,10+/m0/s1. The topological polar surface area (TPSA) is 303 Å². The van der Waals surface area contributed by atoms with E-state index in [-0.39, 0.29) is 25.5 Å². The Labute approximate surface area is 202 Å². The van der Waals surface area contributed by atoms with Crippen molar-refractivity contribution in [3.8, 4) is 12.0 Å². The third-order valence-corrected chi connectivity index (χ3v) is 8.39. The number of anilines is 3. The zero-order chi connectivity index (χ0) is 26.9. The number of fused-ring (bicyclic) bond motifs is 1. The molecule has 0 radical (unpaired) electrons. The molecule has 0 aliphatic carbocycles. The van der Waals surface area contributed by atoms with E-state index >= 15 is 0 Å². The number of nitrogens with zero attached hydrogens (tertiary/aromatic N) is 5. The van der Waals surface area contributed by atoms with Gasteiger partial charge in [0, 0.05) is 12.5 Å². The van der Waals surface area contributed by atoms with E-state index in [0.717, 1.165) is 0 Å². The van der Waals surface area contributed by atoms with Crippen molar-refractivity contribution in [2.24, 2.45) is 11.7 Å². The number of phosphoric acid groups is 3. The Morgan fingerprint density at radius 3 is 2.50 bits per heavy atom. The van der Waals surface area contributed by atoms with Crippen molar-refractivity contribution in [2.45, 2.75) is 24.9 Å². The Morgan fingerprint density at radius 2 is 1.86 bits per heavy atom. The number of nitrogen functional groups attached to an aromatic ring is 1. The number of ether oxygens (including phenoxy) is 1. The molecule has 3 heterocycles. The van der Waals surface area contributed by atoms with Gasteiger partial charge in [-0.05, 0) is 0 Å². The average molecular weight is 576 g/mol. The first-order valence-electron chi connectivity index (χ1n) is 9.59. The van der Waals surface area contributed by atoms with Crippen LogP contribution in [0.15, 0.2) is 6.33 Å². The van der Waals surface area contributed by atoms with Crippen LogP contribution in [0.25, 0.3) is 0 Å². The third-order valence-electron chi connectivity index (χ3n) is 4.59. The van der Waals surface area contributed by atoms with Gasteiger partial charge in [-0.1, -0.05) is 5.92 Å². The van der Waals surface area contributed by atoms with Crippen molar-refractivity contribution in [1.29, 1.82) is 0 Å². The van der Waals surface area contributed by atoms with Crippen LogP contribution < -0.4 is 27.2 Å². The summed E-state index contributed by atoms with van der Waals surface area (Å²) in [5, 5.41) is 11.0. The van der Waals surface area contributed by atoms with Crippen molar-refractivity contribution in [2.75, 3.05) is 35.4 Å². The quantitative estimate of drug-likeness (QED) is 0.0494. The zero-order valence-electron chi connectivity index (χ0n) is 18.0. The molecular formula is C13H23N8O12P3. The van der Waals surface area contributed by atoms with Crippen LogP contribution in [0.4, 0.5) is 17.3 Å². The molecule has 0 saturated carbocycles. The van der Waals surface area contributed by atoms with Gasteiger partial charge >= 0.3 is 23.5 Å². The first-order valence-corrected chi connectivity index (χ1v) is 14.1. The second kappa shape index (κ2) is 10.8. The molecule has 3 rings (SSSR count). The monoisotopic (exact) mass is 576 g/mol. The summed E-state index contributed by atoms with van der Waals surface area (Å²) in [6, 6.07) is 2.44. The Hall–Kier alpha value is -1.91. The minimum atomic E-state index is -5.68. The van der Waals surface area contributed by atoms with Crippen LogP contribution >= 0.6 is 23.5 Å². The van der Waals surface area contributed by atoms with E-state index < -0.39 is 48.5 Å². The third kappa shape index (κ3) is 7.55. The van der Waals surface area contributed by atoms with E-state index in [1.165, 1.54) is 6.33 Å². The van der Waals surface area contributed by atoms with Crippen LogP contribution in [-0.4, -0.2) is 78.0 Å². The Morgan fingerprint density at radius 1 is 1.17 bits per heavy atom. The lowest BCUT2D eigenvalue weighted by atomic mass is 10.2. The Balaban J connectivity index is 1.66. The summed E-state index contributed by atoms with van der Waals surface area (Å²) in [5.74, 6) is 13.7. The van der Waals surface area contributed by atoms with Gasteiger partial charge in [-0.2, -0.15) is 8.62 Å². The molecule has 11 N–H and O–H groups in total. The van der Waals surface area contributed by atoms with Gasteiger partial charge in [0.05, 0.1) is 25.9 Å². The number of phosphoric ester groups is 1. The second-order valence-corrected chi connectivity index (χ2v) is 11.7. The summed E-state index contributed by atoms with van der Waals surface area (Å²) in [6.07, 6.45) is -2.09. The molecule has 1 aromatic rings. The van der Waals surface area contributed by atoms with Gasteiger partial charge in [0.25, 0.3) is 0 Å². The van der Waals surface area contributed by atoms with Crippen LogP contribution in [0.2, 0.25) is 0 Å². The van der Waals surface area contributed by atoms with Crippen molar-refractivity contribution >= 4 is 40.8 Å². The van der Waals surface area contributed by atoms with Crippen molar-refractivity contribution in [3.05, 3.63) is 6.33 Å². The summed E-state index contributed by atoms with van der Waals surface area (Å²) in [6.45, 7) is -0.551. The number of nitrogens with two attached hydrogens (primary N) is 3. The SMILES string of the molecule is Nc1ncnc2c1N(CC#CN(N)N)CN2[C@H]1C[C@H](O)[C@@H](COP(=O)(O)OP(=O)(O)OP(=O)(O)O)O1. The highest BCUT2D eigenvalue weighted by Gasteiger charge is 2.45. The molecular weight excluding hydrogens is 553 g/mol. The van der Waals surface area contributed by atoms with Gasteiger partial charge in [0.15, 0.2) is 11.6 Å². The number of aromatic nitrogens is 2. The molecule has 23 heteroatoms. The molecule has 2 aliphatic heterocycles. The fourth-order valence-electron chi connectivity index (χ4n) is 3.32. The number of aliphatic hydroxyl groups excluding tert-OH is 1. The molecule has 20 nitrogen and oxygen atoms in total. The lowest BCUT2D eigenvalue weighted by Crippen LogP contribution is -2.39. The van der Waals surface area contributed by atoms with Crippen LogP contribution in [0.1, 0.15) is 6.42 Å². The summed E-state index contributed by atoms with van der Waals surface area (Å²) in [4.78, 5) is 47.4. The highest BCUT2D eigenvalue weighted by molar-refractivity contribution is 7.66. The second-order valence-electron chi connectivity index (χ2n) is 7.26. The molecule has 36 heavy (non-hydrogen) atoms. The summed E-state index contributed by atoms with van der Waals surface area (Å²) in [5.41, 5.74) is 6.41. The predicted molar refractivity (Wildman–Crippen MR) is 118 cm³/mol. The van der Waals surface area contributed by atoms with E-state index in [1.807, 2.05) is 0 Å². The fourth-order valence-corrected chi connectivity index (χ4v) is 6.35. The number of hydrazine groups is 2. The maximum absolute atomic E-state index is 11.9. The molecule has 1 saturated heterocycles. The van der Waals surface area contributed by atoms with E-state index in [4.69, 9.17) is 31.9 Å². The van der Waals surface area contributed by atoms with Gasteiger partial charge in [-0.3, -0.25) is 4.52 Å². The first-order chi connectivity index (χ1) is 16.6. The van der Waals surface area contributed by atoms with Gasteiger partial charge in [0.1, 0.15) is 24.3 Å². The zero-order valence-corrected chi connectivity index (χ0v) is 20.7. The highest BCUT2D eigenvalue weighted by Crippen LogP contribution is 2.66. The summed E-state index contributed by atoms with van der Waals surface area (Å²) >= 11 is 0. The van der Waals surface area contributed by atoms with Crippen LogP contribution in [0.5, 0.6) is 0 Å². The lowest BCUT2D eigenvalue weighted by Gasteiger charge is -2.26. The number of hydrogen-bond donors (Lipinski definition) is 8. The van der Waals surface area contributed by atoms with E-state index in [1.54, 1.807) is 9.80 Å². The normalized spacial score (nSPS) is 25.0. The van der Waals surface area contributed by atoms with E-state index in [9.17, 15) is 28.6 Å². The van der Waals surface area contributed by atoms with Crippen LogP contribution in [-0.2, 0) is 31.6 Å². The van der Waals surface area contributed by atoms with Gasteiger partial charge < -0.3 is 45.0 Å². The largest absolute Gasteiger partial charge is 0.490 e. The number of hydrogen-bond acceptors (Lipinski definition) is 16. The highest BCUT2D eigenvalue weighted by atomic mass is 31.3. The lowest BCUT2D eigenvalue weighted by molar-refractivity contribution is -0.0215. The van der Waals surface area contributed by atoms with Gasteiger partial charge in [-0.25, -0.2) is 40.5 Å². The van der Waals surface area contributed by atoms with Crippen molar-refractivity contribution in [3.63, 3.8) is 0 Å². The molecule has 1 aromatic heterocycles. The smallest absolute Gasteiger partial charge is 0.390 e. The molecule has 0 aromatic carbocycles. The predicted octanol–water partition coefficient (Wildman–Crippen LogP) is -2.53. The summed E-state index contributed by atoms with van der Waals surface area (Å²) < 4.78 is 51.6. The maximum atomic E-state index is 11.9. The first kappa shape index (κ1) is 28.7. The average Bonchev–Trinajstić information content (AvgIpc) is 3.24. The Bertz CT molecular complexity index is 1170. The molecule has 0 amide bonds. The van der Waals surface area contributed by atoms with E-state index in [2.05, 4.69) is 35.1 Å². The fraction of sp³-hybridized carbons (Fsp3) is 0.538. The van der Waals surface area contributed by atoms with Gasteiger partial charge in [-0.15, -0.1) is 0 Å². The van der Waals surface area contributed by atoms with Crippen LogP contribution in [0, 0.1) is 12.0 Å². The van der Waals surface area contributed by atoms with Gasteiger partial charge in [0.2, 0.25) is 0 Å². The minimum Gasteiger partial charge on any atom is -0.390 e. The molecule has 202 valence electrons. The molecule has 2 unspecified atom stereocenters. The van der Waals surface area contributed by atoms with Crippen molar-refractivity contribution < 1.29 is 56.3 Å². The summed E-state index contributed by atoms with van der Waals surface area (Å²) in [7, 11) is -16.6. The maximum Gasteiger partial charge on any atom is 0.490 e. The molecule has 5 atom stereocenters. The van der Waals surface area contributed by atoms with E-state index in [0.29, 0.717) is 16.6 Å². The number of rotatable bonds is 9. The molecule has 1 fully saturated rings. The van der Waals surface area contributed by atoms with Crippen molar-refractivity contribution in [1.82, 2.24) is 15.1 Å². The Kier molecular flexibility index (Phi) is 8.62. The molecule has 0 spiro atoms. The number of aliphatic hydroxyl groups is 1. The minimum absolute atomic E-state index is 0.0212. The molecule has 2 aliphatic rings.